The number of carbonyl (C=O) groups is 2. The molecule has 3 rings (SSSR count). The molecule has 3 amide bonds. The summed E-state index contributed by atoms with van der Waals surface area (Å²) in [5.41, 5.74) is 1.65. The Balaban J connectivity index is 2.02. The van der Waals surface area contributed by atoms with E-state index in [1.807, 2.05) is 11.5 Å². The van der Waals surface area contributed by atoms with Crippen molar-refractivity contribution >= 4 is 29.4 Å². The quantitative estimate of drug-likeness (QED) is 0.529. The minimum absolute atomic E-state index is 0.220. The number of carbonyl (C=O) groups excluding carboxylic acids is 2. The first-order valence-corrected chi connectivity index (χ1v) is 7.04. The SMILES string of the molecule is C=C(C)CN1C(=O)C2C(=NC3=[N+]2CC(C)=NN3C)N(C)C1=O. The number of nitrogens with zero attached hydrogens (tertiary/aromatic N) is 6. The van der Waals surface area contributed by atoms with Gasteiger partial charge in [-0.25, -0.2) is 9.37 Å². The van der Waals surface area contributed by atoms with E-state index in [9.17, 15) is 9.59 Å². The van der Waals surface area contributed by atoms with Gasteiger partial charge in [-0.3, -0.25) is 14.6 Å². The monoisotopic (exact) mass is 303 g/mol. The van der Waals surface area contributed by atoms with Crippen molar-refractivity contribution in [2.75, 3.05) is 27.2 Å². The third kappa shape index (κ3) is 1.94. The molecule has 8 heteroatoms. The first kappa shape index (κ1) is 14.4. The summed E-state index contributed by atoms with van der Waals surface area (Å²) in [6.45, 7) is 8.23. The van der Waals surface area contributed by atoms with Crippen molar-refractivity contribution in [3.05, 3.63) is 12.2 Å². The predicted molar refractivity (Wildman–Crippen MR) is 81.9 cm³/mol. The molecule has 22 heavy (non-hydrogen) atoms. The zero-order chi connectivity index (χ0) is 16.2. The van der Waals surface area contributed by atoms with Crippen molar-refractivity contribution in [3.8, 4) is 0 Å². The molecule has 8 nitrogen and oxygen atoms in total. The van der Waals surface area contributed by atoms with E-state index in [1.165, 1.54) is 9.80 Å². The molecule has 3 heterocycles. The second kappa shape index (κ2) is 4.75. The fraction of sp³-hybridized carbons (Fsp3) is 0.500. The first-order valence-electron chi connectivity index (χ1n) is 7.04. The van der Waals surface area contributed by atoms with E-state index in [1.54, 1.807) is 26.0 Å². The van der Waals surface area contributed by atoms with Crippen LogP contribution in [0.3, 0.4) is 0 Å². The number of likely N-dealkylation sites (N-methyl/N-ethyl adjacent to an activating group) is 1. The van der Waals surface area contributed by atoms with Gasteiger partial charge in [-0.15, -0.1) is 10.1 Å². The molecule has 0 N–H and O–H groups in total. The van der Waals surface area contributed by atoms with Crippen molar-refractivity contribution in [2.24, 2.45) is 10.1 Å². The van der Waals surface area contributed by atoms with Crippen LogP contribution in [0.1, 0.15) is 13.8 Å². The summed E-state index contributed by atoms with van der Waals surface area (Å²) in [5.74, 6) is 0.790. The zero-order valence-electron chi connectivity index (χ0n) is 13.2. The van der Waals surface area contributed by atoms with E-state index in [2.05, 4.69) is 16.7 Å². The fourth-order valence-electron chi connectivity index (χ4n) is 2.92. The summed E-state index contributed by atoms with van der Waals surface area (Å²) in [6.07, 6.45) is 0. The van der Waals surface area contributed by atoms with Gasteiger partial charge >= 0.3 is 12.0 Å². The Morgan fingerprint density at radius 2 is 2.09 bits per heavy atom. The lowest BCUT2D eigenvalue weighted by Crippen LogP contribution is -2.63. The van der Waals surface area contributed by atoms with E-state index < -0.39 is 6.04 Å². The lowest BCUT2D eigenvalue weighted by molar-refractivity contribution is -0.527. The van der Waals surface area contributed by atoms with E-state index in [0.29, 0.717) is 18.3 Å². The molecule has 0 aromatic carbocycles. The lowest BCUT2D eigenvalue weighted by atomic mass is 10.1. The van der Waals surface area contributed by atoms with Crippen molar-refractivity contribution in [1.82, 2.24) is 14.8 Å². The van der Waals surface area contributed by atoms with Gasteiger partial charge in [-0.05, 0) is 13.8 Å². The van der Waals surface area contributed by atoms with Crippen LogP contribution in [-0.2, 0) is 4.79 Å². The van der Waals surface area contributed by atoms with Crippen LogP contribution < -0.4 is 0 Å². The maximum atomic E-state index is 12.8. The zero-order valence-corrected chi connectivity index (χ0v) is 13.2. The van der Waals surface area contributed by atoms with E-state index in [0.717, 1.165) is 11.3 Å². The van der Waals surface area contributed by atoms with E-state index >= 15 is 0 Å². The summed E-state index contributed by atoms with van der Waals surface area (Å²) < 4.78 is 1.88. The molecule has 116 valence electrons. The Hall–Kier alpha value is -2.51. The van der Waals surface area contributed by atoms with Gasteiger partial charge in [0, 0.05) is 7.05 Å². The maximum absolute atomic E-state index is 12.8. The highest BCUT2D eigenvalue weighted by molar-refractivity contribution is 6.23. The Morgan fingerprint density at radius 3 is 2.73 bits per heavy atom. The van der Waals surface area contributed by atoms with Crippen LogP contribution >= 0.6 is 0 Å². The number of rotatable bonds is 2. The fourth-order valence-corrected chi connectivity index (χ4v) is 2.92. The average molecular weight is 303 g/mol. The standard InChI is InChI=1S/C14H19N6O2/c1-8(2)6-20-12(21)10-11(17(4)14(20)22)15-13-18(5)16-9(3)7-19(10)13/h10H,1,6-7H2,2-5H3/q+1. The number of hydrogen-bond acceptors (Lipinski definition) is 5. The van der Waals surface area contributed by atoms with Gasteiger partial charge in [0.25, 0.3) is 5.91 Å². The number of hydrogen-bond donors (Lipinski definition) is 0. The number of fused-ring (bicyclic) bond motifs is 2. The number of imide groups is 1. The molecule has 0 spiro atoms. The maximum Gasteiger partial charge on any atom is 0.416 e. The second-order valence-electron chi connectivity index (χ2n) is 5.88. The molecule has 0 saturated carbocycles. The second-order valence-corrected chi connectivity index (χ2v) is 5.88. The molecule has 0 aliphatic carbocycles. The molecule has 3 aliphatic rings. The summed E-state index contributed by atoms with van der Waals surface area (Å²) in [7, 11) is 3.42. The van der Waals surface area contributed by atoms with Gasteiger partial charge in [0.15, 0.2) is 0 Å². The molecular weight excluding hydrogens is 284 g/mol. The Morgan fingerprint density at radius 1 is 1.41 bits per heavy atom. The van der Waals surface area contributed by atoms with Crippen LogP contribution in [0.25, 0.3) is 0 Å². The normalized spacial score (nSPS) is 24.4. The van der Waals surface area contributed by atoms with Gasteiger partial charge in [0.1, 0.15) is 6.54 Å². The van der Waals surface area contributed by atoms with Crippen molar-refractivity contribution < 1.29 is 14.2 Å². The molecule has 1 atom stereocenters. The minimum Gasteiger partial charge on any atom is -0.270 e. The van der Waals surface area contributed by atoms with Crippen molar-refractivity contribution in [3.63, 3.8) is 0 Å². The molecule has 3 aliphatic heterocycles. The number of amides is 3. The van der Waals surface area contributed by atoms with Crippen LogP contribution in [-0.4, -0.2) is 82.1 Å². The molecule has 0 radical (unpaired) electrons. The van der Waals surface area contributed by atoms with Crippen molar-refractivity contribution in [1.29, 1.82) is 0 Å². The Labute approximate surface area is 128 Å². The largest absolute Gasteiger partial charge is 0.416 e. The van der Waals surface area contributed by atoms with Gasteiger partial charge in [-0.2, -0.15) is 0 Å². The number of urea groups is 1. The summed E-state index contributed by atoms with van der Waals surface area (Å²) >= 11 is 0. The molecule has 0 aromatic heterocycles. The molecular formula is C14H19N6O2+. The number of hydrazone groups is 1. The molecule has 1 unspecified atom stereocenters. The van der Waals surface area contributed by atoms with Crippen molar-refractivity contribution in [2.45, 2.75) is 19.9 Å². The van der Waals surface area contributed by atoms with E-state index in [4.69, 9.17) is 0 Å². The third-order valence-corrected chi connectivity index (χ3v) is 3.83. The van der Waals surface area contributed by atoms with Gasteiger partial charge in [0.05, 0.1) is 19.3 Å². The van der Waals surface area contributed by atoms with Crippen LogP contribution in [0, 0.1) is 0 Å². The lowest BCUT2D eigenvalue weighted by Gasteiger charge is -2.34. The Kier molecular flexibility index (Phi) is 3.12. The molecule has 1 saturated heterocycles. The summed E-state index contributed by atoms with van der Waals surface area (Å²) in [6, 6.07) is -0.950. The summed E-state index contributed by atoms with van der Waals surface area (Å²) in [5, 5.41) is 5.98. The summed E-state index contributed by atoms with van der Waals surface area (Å²) in [4.78, 5) is 32.3. The third-order valence-electron chi connectivity index (χ3n) is 3.83. The van der Waals surface area contributed by atoms with E-state index in [-0.39, 0.29) is 18.5 Å². The number of amidine groups is 1. The average Bonchev–Trinajstić information content (AvgIpc) is 2.81. The number of guanidine groups is 1. The smallest absolute Gasteiger partial charge is 0.270 e. The highest BCUT2D eigenvalue weighted by Gasteiger charge is 2.53. The van der Waals surface area contributed by atoms with Crippen LogP contribution in [0.4, 0.5) is 4.79 Å². The van der Waals surface area contributed by atoms with Gasteiger partial charge in [-0.1, -0.05) is 17.1 Å². The molecule has 0 aromatic rings. The van der Waals surface area contributed by atoms with Gasteiger partial charge in [0.2, 0.25) is 11.9 Å². The number of aliphatic imine (C=N–C) groups is 1. The van der Waals surface area contributed by atoms with Crippen LogP contribution in [0.2, 0.25) is 0 Å². The first-order chi connectivity index (χ1) is 10.3. The van der Waals surface area contributed by atoms with Crippen LogP contribution in [0.15, 0.2) is 22.2 Å². The minimum atomic E-state index is -0.579. The molecule has 0 bridgehead atoms. The predicted octanol–water partition coefficient (Wildman–Crippen LogP) is -0.0730. The van der Waals surface area contributed by atoms with Crippen LogP contribution in [0.5, 0.6) is 0 Å². The Bertz CT molecular complexity index is 689. The topological polar surface area (TPSA) is 71.6 Å². The highest BCUT2D eigenvalue weighted by Crippen LogP contribution is 2.22. The van der Waals surface area contributed by atoms with Gasteiger partial charge < -0.3 is 0 Å². The highest BCUT2D eigenvalue weighted by atomic mass is 16.2. The molecule has 1 fully saturated rings.